The summed E-state index contributed by atoms with van der Waals surface area (Å²) in [4.78, 5) is 8.04. The van der Waals surface area contributed by atoms with Crippen LogP contribution in [-0.4, -0.2) is 35.5 Å². The van der Waals surface area contributed by atoms with Gasteiger partial charge in [-0.3, -0.25) is 19.7 Å². The molecule has 2 unspecified atom stereocenters. The Hall–Kier alpha value is -2.76. The van der Waals surface area contributed by atoms with Crippen LogP contribution in [0.1, 0.15) is 80.1 Å². The van der Waals surface area contributed by atoms with Crippen LogP contribution in [0.3, 0.4) is 0 Å². The summed E-state index contributed by atoms with van der Waals surface area (Å²) in [6.07, 6.45) is 11.1. The van der Waals surface area contributed by atoms with Crippen molar-refractivity contribution in [3.8, 4) is 0 Å². The molecule has 7 nitrogen and oxygen atoms in total. The fourth-order valence-corrected chi connectivity index (χ4v) is 4.57. The minimum atomic E-state index is -0.750. The third-order valence-corrected chi connectivity index (χ3v) is 7.34. The number of aromatic amines is 1. The molecule has 4 aromatic heterocycles. The third-order valence-electron chi connectivity index (χ3n) is 6.69. The quantitative estimate of drug-likeness (QED) is 0.182. The minimum absolute atomic E-state index is 0. The smallest absolute Gasteiger partial charge is 0.850 e. The minimum Gasteiger partial charge on any atom is -0.850 e. The predicted octanol–water partition coefficient (Wildman–Crippen LogP) is 5.17. The van der Waals surface area contributed by atoms with Crippen molar-refractivity contribution in [2.75, 3.05) is 0 Å². The first kappa shape index (κ1) is 40.4. The van der Waals surface area contributed by atoms with E-state index in [-0.39, 0.29) is 57.3 Å². The van der Waals surface area contributed by atoms with E-state index in [1.54, 1.807) is 27.0 Å². The number of nitrogens with zero attached hydrogens (tertiary/aromatic N) is 5. The van der Waals surface area contributed by atoms with E-state index in [4.69, 9.17) is 0 Å². The van der Waals surface area contributed by atoms with E-state index >= 15 is 0 Å². The Labute approximate surface area is 330 Å². The van der Waals surface area contributed by atoms with Crippen molar-refractivity contribution in [3.05, 3.63) is 168 Å². The summed E-state index contributed by atoms with van der Waals surface area (Å²) in [5.74, 6) is 0.639. The van der Waals surface area contributed by atoms with E-state index in [1.165, 1.54) is 22.3 Å². The molecule has 6 rings (SSSR count). The molecule has 47 heavy (non-hydrogen) atoms. The average Bonchev–Trinajstić information content (AvgIpc) is 3.79. The second-order valence-electron chi connectivity index (χ2n) is 11.7. The number of halogens is 1. The largest absolute Gasteiger partial charge is 1.00 e. The second-order valence-corrected chi connectivity index (χ2v) is 12.2. The first-order valence-corrected chi connectivity index (χ1v) is 16.4. The van der Waals surface area contributed by atoms with Gasteiger partial charge in [-0.2, -0.15) is 10.2 Å². The van der Waals surface area contributed by atoms with Crippen molar-refractivity contribution in [1.82, 2.24) is 29.9 Å². The third kappa shape index (κ3) is 16.3. The van der Waals surface area contributed by atoms with E-state index in [2.05, 4.69) is 97.5 Å². The number of hydrogen-bond acceptors (Lipinski definition) is 5. The Morgan fingerprint density at radius 2 is 1.19 bits per heavy atom. The van der Waals surface area contributed by atoms with Gasteiger partial charge in [-0.05, 0) is 58.7 Å². The summed E-state index contributed by atoms with van der Waals surface area (Å²) >= 11 is 3.36. The Balaban J connectivity index is 0.000000244. The van der Waals surface area contributed by atoms with Crippen molar-refractivity contribution in [3.63, 3.8) is 0 Å². The zero-order chi connectivity index (χ0) is 33.2. The van der Waals surface area contributed by atoms with Crippen molar-refractivity contribution >= 4 is 15.9 Å². The Kier molecular flexibility index (Phi) is 18.9. The number of alkyl halides is 1. The molecule has 9 heteroatoms. The van der Waals surface area contributed by atoms with Gasteiger partial charge in [0, 0.05) is 60.0 Å². The molecule has 0 amide bonds. The van der Waals surface area contributed by atoms with Crippen molar-refractivity contribution in [2.24, 2.45) is 0 Å². The average molecular weight is 720 g/mol. The molecule has 2 aromatic carbocycles. The van der Waals surface area contributed by atoms with Gasteiger partial charge in [0.2, 0.25) is 0 Å². The van der Waals surface area contributed by atoms with E-state index in [0.29, 0.717) is 5.92 Å². The Morgan fingerprint density at radius 1 is 0.702 bits per heavy atom. The number of rotatable bonds is 7. The van der Waals surface area contributed by atoms with Crippen LogP contribution in [0, 0.1) is 0 Å². The van der Waals surface area contributed by atoms with E-state index in [9.17, 15) is 5.11 Å². The zero-order valence-corrected chi connectivity index (χ0v) is 33.0. The zero-order valence-electron chi connectivity index (χ0n) is 28.3. The maximum absolute atomic E-state index is 10.1. The van der Waals surface area contributed by atoms with Gasteiger partial charge in [0.15, 0.2) is 0 Å². The summed E-state index contributed by atoms with van der Waals surface area (Å²) in [6.45, 7) is 10.0. The number of nitrogens with one attached hydrogen (secondary N) is 1. The fraction of sp³-hybridized carbons (Fsp3) is 0.263. The summed E-state index contributed by atoms with van der Waals surface area (Å²) in [5.41, 5.74) is 6.55. The molecule has 0 aliphatic heterocycles. The van der Waals surface area contributed by atoms with E-state index < -0.39 is 5.60 Å². The number of aromatic nitrogens is 6. The van der Waals surface area contributed by atoms with Crippen LogP contribution in [0.25, 0.3) is 0 Å². The SMILES string of the molecule is BrCc1ccccc1.CC(C)(C)[O-].CC(c1ccncc1)c1ccn(Cc2ccccc2)n1.CC(c1ccncc1)c1ccn[nH]1.[K+]. The van der Waals surface area contributed by atoms with Crippen LogP contribution in [0.2, 0.25) is 0 Å². The maximum atomic E-state index is 10.1. The molecule has 2 atom stereocenters. The molecule has 0 bridgehead atoms. The summed E-state index contributed by atoms with van der Waals surface area (Å²) < 4.78 is 1.99. The van der Waals surface area contributed by atoms with Crippen molar-refractivity contribution in [1.29, 1.82) is 0 Å². The van der Waals surface area contributed by atoms with E-state index in [0.717, 1.165) is 23.3 Å². The van der Waals surface area contributed by atoms with Gasteiger partial charge in [-0.15, -0.1) is 5.60 Å². The van der Waals surface area contributed by atoms with Gasteiger partial charge >= 0.3 is 51.4 Å². The van der Waals surface area contributed by atoms with Crippen molar-refractivity contribution in [2.45, 2.75) is 63.9 Å². The molecular formula is C38H44BrKN6O. The van der Waals surface area contributed by atoms with Crippen LogP contribution < -0.4 is 56.5 Å². The molecule has 0 saturated carbocycles. The number of H-pyrrole nitrogens is 1. The first-order valence-electron chi connectivity index (χ1n) is 15.3. The van der Waals surface area contributed by atoms with Gasteiger partial charge in [-0.1, -0.05) is 111 Å². The maximum Gasteiger partial charge on any atom is 1.00 e. The van der Waals surface area contributed by atoms with Crippen molar-refractivity contribution < 1.29 is 56.5 Å². The van der Waals surface area contributed by atoms with Crippen LogP contribution in [-0.2, 0) is 11.9 Å². The molecular weight excluding hydrogens is 675 g/mol. The molecule has 6 aromatic rings. The molecule has 240 valence electrons. The normalized spacial score (nSPS) is 11.6. The molecule has 4 heterocycles. The van der Waals surface area contributed by atoms with Gasteiger partial charge in [0.05, 0.1) is 12.2 Å². The Bertz CT molecular complexity index is 1610. The van der Waals surface area contributed by atoms with Gasteiger partial charge in [0.1, 0.15) is 0 Å². The molecule has 0 saturated heterocycles. The Morgan fingerprint density at radius 3 is 1.64 bits per heavy atom. The molecule has 0 radical (unpaired) electrons. The monoisotopic (exact) mass is 718 g/mol. The number of pyridine rings is 2. The summed E-state index contributed by atoms with van der Waals surface area (Å²) in [7, 11) is 0. The van der Waals surface area contributed by atoms with Gasteiger partial charge < -0.3 is 5.11 Å². The summed E-state index contributed by atoms with van der Waals surface area (Å²) in [6, 6.07) is 32.9. The van der Waals surface area contributed by atoms with Crippen LogP contribution in [0.15, 0.2) is 134 Å². The van der Waals surface area contributed by atoms with Crippen LogP contribution >= 0.6 is 15.9 Å². The molecule has 0 aliphatic carbocycles. The van der Waals surface area contributed by atoms with Crippen LogP contribution in [0.4, 0.5) is 0 Å². The molecule has 1 N–H and O–H groups in total. The first-order chi connectivity index (χ1) is 22.1. The number of hydrogen-bond donors (Lipinski definition) is 1. The molecule has 0 spiro atoms. The standard InChI is InChI=1S/C17H17N3.C10H11N3.C7H7Br.C4H9O.K/c1-14(16-7-10-18-11-8-16)17-9-12-20(19-17)13-15-5-3-2-4-6-15;1-8(10-4-7-12-13-10)9-2-5-11-6-3-9;8-6-7-4-2-1-3-5-7;1-4(2,3)5;/h2-12,14H,13H2,1H3;2-8H,1H3,(H,12,13);1-5H,6H2;1-3H3;/q;;;-1;+1. The van der Waals surface area contributed by atoms with Gasteiger partial charge in [-0.25, -0.2) is 0 Å². The van der Waals surface area contributed by atoms with Gasteiger partial charge in [0.25, 0.3) is 0 Å². The summed E-state index contributed by atoms with van der Waals surface area (Å²) in [5, 5.41) is 22.6. The molecule has 0 fully saturated rings. The molecule has 0 aliphatic rings. The predicted molar refractivity (Wildman–Crippen MR) is 189 cm³/mol. The number of benzene rings is 2. The second kappa shape index (κ2) is 22.0. The fourth-order valence-electron chi connectivity index (χ4n) is 4.20. The van der Waals surface area contributed by atoms with E-state index in [1.807, 2.05) is 90.3 Å². The van der Waals surface area contributed by atoms with Crippen LogP contribution in [0.5, 0.6) is 0 Å². The topological polar surface area (TPSA) is 95.3 Å².